The number of benzene rings is 2. The lowest BCUT2D eigenvalue weighted by Crippen LogP contribution is -2.39. The van der Waals surface area contributed by atoms with Crippen LogP contribution in [0.3, 0.4) is 0 Å². The maximum absolute atomic E-state index is 13.2. The second-order valence-electron chi connectivity index (χ2n) is 6.19. The van der Waals surface area contributed by atoms with E-state index in [1.54, 1.807) is 44.2 Å². The van der Waals surface area contributed by atoms with Crippen molar-refractivity contribution in [3.63, 3.8) is 0 Å². The van der Waals surface area contributed by atoms with Gasteiger partial charge >= 0.3 is 12.0 Å². The molecule has 2 aromatic rings. The predicted octanol–water partition coefficient (Wildman–Crippen LogP) is 1.82. The number of hydrogen-bond acceptors (Lipinski definition) is 6. The molecule has 30 heavy (non-hydrogen) atoms. The van der Waals surface area contributed by atoms with Crippen LogP contribution in [0.25, 0.3) is 0 Å². The minimum atomic E-state index is -3.95. The summed E-state index contributed by atoms with van der Waals surface area (Å²) in [5.41, 5.74) is 0.924. The van der Waals surface area contributed by atoms with E-state index >= 15 is 0 Å². The molecule has 0 aromatic heterocycles. The molecule has 0 saturated heterocycles. The molecule has 2 rings (SSSR count). The molecule has 10 heteroatoms. The first-order chi connectivity index (χ1) is 14.2. The van der Waals surface area contributed by atoms with Gasteiger partial charge in [-0.15, -0.1) is 0 Å². The average molecular weight is 433 g/mol. The number of carbonyl (C=O) groups excluding carboxylic acids is 3. The van der Waals surface area contributed by atoms with Gasteiger partial charge in [-0.1, -0.05) is 24.3 Å². The van der Waals surface area contributed by atoms with E-state index < -0.39 is 34.5 Å². The predicted molar refractivity (Wildman–Crippen MR) is 111 cm³/mol. The molecule has 0 aliphatic heterocycles. The van der Waals surface area contributed by atoms with E-state index in [1.165, 1.54) is 29.6 Å². The Morgan fingerprint density at radius 2 is 1.73 bits per heavy atom. The molecule has 0 saturated carbocycles. The Kier molecular flexibility index (Phi) is 7.54. The van der Waals surface area contributed by atoms with Crippen molar-refractivity contribution in [1.82, 2.24) is 10.6 Å². The highest BCUT2D eigenvalue weighted by Gasteiger charge is 2.26. The lowest BCUT2D eigenvalue weighted by Gasteiger charge is -2.24. The van der Waals surface area contributed by atoms with E-state index in [1.807, 2.05) is 5.32 Å². The van der Waals surface area contributed by atoms with Gasteiger partial charge in [-0.2, -0.15) is 0 Å². The fourth-order valence-corrected chi connectivity index (χ4v) is 4.38. The second kappa shape index (κ2) is 9.88. The average Bonchev–Trinajstić information content (AvgIpc) is 2.73. The molecular weight excluding hydrogens is 410 g/mol. The molecule has 3 amide bonds. The van der Waals surface area contributed by atoms with Crippen LogP contribution in [0.2, 0.25) is 0 Å². The Labute approximate surface area is 175 Å². The number of rotatable bonds is 7. The third-order valence-electron chi connectivity index (χ3n) is 4.14. The Morgan fingerprint density at radius 1 is 1.07 bits per heavy atom. The number of urea groups is 1. The fraction of sp³-hybridized carbons (Fsp3) is 0.250. The molecule has 0 aliphatic carbocycles. The summed E-state index contributed by atoms with van der Waals surface area (Å²) in [7, 11) is -2.62. The molecule has 0 radical (unpaired) electrons. The van der Waals surface area contributed by atoms with Crippen LogP contribution in [0.1, 0.15) is 22.8 Å². The van der Waals surface area contributed by atoms with Gasteiger partial charge in [0.1, 0.15) is 0 Å². The Bertz CT molecular complexity index is 1040. The Balaban J connectivity index is 2.26. The quantitative estimate of drug-likeness (QED) is 0.643. The second-order valence-corrected chi connectivity index (χ2v) is 8.02. The summed E-state index contributed by atoms with van der Waals surface area (Å²) in [6, 6.07) is 12.0. The van der Waals surface area contributed by atoms with Crippen molar-refractivity contribution in [1.29, 1.82) is 0 Å². The monoisotopic (exact) mass is 433 g/mol. The third-order valence-corrected chi connectivity index (χ3v) is 6.18. The zero-order valence-electron chi connectivity index (χ0n) is 16.8. The molecule has 0 fully saturated rings. The number of ether oxygens (including phenoxy) is 1. The van der Waals surface area contributed by atoms with Gasteiger partial charge < -0.3 is 10.1 Å². The van der Waals surface area contributed by atoms with E-state index in [0.29, 0.717) is 11.3 Å². The maximum Gasteiger partial charge on any atom is 0.338 e. The topological polar surface area (TPSA) is 122 Å². The van der Waals surface area contributed by atoms with Crippen molar-refractivity contribution in [3.8, 4) is 0 Å². The lowest BCUT2D eigenvalue weighted by atomic mass is 10.1. The summed E-state index contributed by atoms with van der Waals surface area (Å²) in [5, 5.41) is 4.15. The van der Waals surface area contributed by atoms with Crippen molar-refractivity contribution < 1.29 is 27.5 Å². The van der Waals surface area contributed by atoms with Gasteiger partial charge in [-0.3, -0.25) is 14.4 Å². The third kappa shape index (κ3) is 5.35. The van der Waals surface area contributed by atoms with E-state index in [-0.39, 0.29) is 17.0 Å². The van der Waals surface area contributed by atoms with E-state index in [2.05, 4.69) is 5.32 Å². The minimum absolute atomic E-state index is 0.0315. The SMILES string of the molecule is CCN(c1ccccc1)S(=O)(=O)c1cc(C(=O)OCC(=O)NC(=O)NC)ccc1C. The van der Waals surface area contributed by atoms with Crippen LogP contribution < -0.4 is 14.9 Å². The van der Waals surface area contributed by atoms with Gasteiger partial charge in [-0.25, -0.2) is 18.0 Å². The van der Waals surface area contributed by atoms with Gasteiger partial charge in [0, 0.05) is 13.6 Å². The molecule has 2 N–H and O–H groups in total. The van der Waals surface area contributed by atoms with Crippen molar-refractivity contribution in [2.24, 2.45) is 0 Å². The standard InChI is InChI=1S/C20H23N3O6S/c1-4-23(16-8-6-5-7-9-16)30(27,28)17-12-15(11-10-14(17)2)19(25)29-13-18(24)22-20(26)21-3/h5-12H,4,13H2,1-3H3,(H2,21,22,24,26). The number of hydrogen-bond donors (Lipinski definition) is 2. The molecule has 0 aliphatic rings. The molecule has 0 heterocycles. The van der Waals surface area contributed by atoms with Crippen LogP contribution in [0, 0.1) is 6.92 Å². The van der Waals surface area contributed by atoms with Crippen molar-refractivity contribution in [2.45, 2.75) is 18.7 Å². The van der Waals surface area contributed by atoms with E-state index in [9.17, 15) is 22.8 Å². The summed E-state index contributed by atoms with van der Waals surface area (Å²) in [6.07, 6.45) is 0. The van der Waals surface area contributed by atoms with Crippen molar-refractivity contribution in [3.05, 3.63) is 59.7 Å². The highest BCUT2D eigenvalue weighted by molar-refractivity contribution is 7.92. The van der Waals surface area contributed by atoms with Crippen LogP contribution in [0.5, 0.6) is 0 Å². The number of amides is 3. The van der Waals surface area contributed by atoms with Gasteiger partial charge in [0.15, 0.2) is 6.61 Å². The molecule has 0 bridgehead atoms. The molecule has 9 nitrogen and oxygen atoms in total. The summed E-state index contributed by atoms with van der Waals surface area (Å²) >= 11 is 0. The first-order valence-electron chi connectivity index (χ1n) is 9.07. The number of anilines is 1. The van der Waals surface area contributed by atoms with Gasteiger partial charge in [0.2, 0.25) is 0 Å². The minimum Gasteiger partial charge on any atom is -0.452 e. The largest absolute Gasteiger partial charge is 0.452 e. The number of aryl methyl sites for hydroxylation is 1. The number of imide groups is 1. The molecule has 0 atom stereocenters. The van der Waals surface area contributed by atoms with Crippen LogP contribution >= 0.6 is 0 Å². The fourth-order valence-electron chi connectivity index (χ4n) is 2.65. The first kappa shape index (κ1) is 22.9. The summed E-state index contributed by atoms with van der Waals surface area (Å²) in [5.74, 6) is -1.70. The normalized spacial score (nSPS) is 10.8. The number of esters is 1. The lowest BCUT2D eigenvalue weighted by molar-refractivity contribution is -0.123. The van der Waals surface area contributed by atoms with Crippen LogP contribution in [0.15, 0.2) is 53.4 Å². The van der Waals surface area contributed by atoms with Crippen LogP contribution in [0.4, 0.5) is 10.5 Å². The highest BCUT2D eigenvalue weighted by Crippen LogP contribution is 2.26. The van der Waals surface area contributed by atoms with E-state index in [0.717, 1.165) is 0 Å². The highest BCUT2D eigenvalue weighted by atomic mass is 32.2. The number of sulfonamides is 1. The molecule has 2 aromatic carbocycles. The zero-order chi connectivity index (χ0) is 22.3. The Hall–Kier alpha value is -3.40. The maximum atomic E-state index is 13.2. The van der Waals surface area contributed by atoms with Gasteiger partial charge in [0.05, 0.1) is 16.1 Å². The summed E-state index contributed by atoms with van der Waals surface area (Å²) in [6.45, 7) is 2.84. The molecule has 160 valence electrons. The first-order valence-corrected chi connectivity index (χ1v) is 10.5. The number of nitrogens with zero attached hydrogens (tertiary/aromatic N) is 1. The van der Waals surface area contributed by atoms with Gasteiger partial charge in [0.25, 0.3) is 15.9 Å². The van der Waals surface area contributed by atoms with Crippen LogP contribution in [-0.4, -0.2) is 46.5 Å². The van der Waals surface area contributed by atoms with Crippen molar-refractivity contribution in [2.75, 3.05) is 24.5 Å². The molecule has 0 spiro atoms. The number of carbonyl (C=O) groups is 3. The smallest absolute Gasteiger partial charge is 0.338 e. The van der Waals surface area contributed by atoms with Crippen molar-refractivity contribution >= 4 is 33.6 Å². The Morgan fingerprint density at radius 3 is 2.33 bits per heavy atom. The van der Waals surface area contributed by atoms with Gasteiger partial charge in [-0.05, 0) is 43.7 Å². The number of nitrogens with one attached hydrogen (secondary N) is 2. The number of para-hydroxylation sites is 1. The summed E-state index contributed by atoms with van der Waals surface area (Å²) in [4.78, 5) is 34.9. The molecular formula is C20H23N3O6S. The van der Waals surface area contributed by atoms with E-state index in [4.69, 9.17) is 4.74 Å². The zero-order valence-corrected chi connectivity index (χ0v) is 17.7. The molecule has 0 unspecified atom stereocenters. The summed E-state index contributed by atoms with van der Waals surface area (Å²) < 4.78 is 32.6. The van der Waals surface area contributed by atoms with Crippen LogP contribution in [-0.2, 0) is 19.6 Å².